The van der Waals surface area contributed by atoms with Crippen LogP contribution in [-0.2, 0) is 9.31 Å². The van der Waals surface area contributed by atoms with Gasteiger partial charge >= 0.3 is 7.12 Å². The topological polar surface area (TPSA) is 18.5 Å². The molecule has 1 saturated heterocycles. The Bertz CT molecular complexity index is 646. The summed E-state index contributed by atoms with van der Waals surface area (Å²) >= 11 is 0. The Morgan fingerprint density at radius 3 is 1.74 bits per heavy atom. The first kappa shape index (κ1) is 16.3. The fourth-order valence-corrected chi connectivity index (χ4v) is 2.97. The van der Waals surface area contributed by atoms with Crippen molar-refractivity contribution in [2.75, 3.05) is 0 Å². The van der Waals surface area contributed by atoms with Crippen LogP contribution in [0.25, 0.3) is 0 Å². The minimum Gasteiger partial charge on any atom is -0.403 e. The molecule has 3 heteroatoms. The second-order valence-electron chi connectivity index (χ2n) is 7.42. The van der Waals surface area contributed by atoms with Crippen molar-refractivity contribution in [2.24, 2.45) is 0 Å². The molecule has 0 radical (unpaired) electrons. The van der Waals surface area contributed by atoms with E-state index in [2.05, 4.69) is 83.1 Å². The van der Waals surface area contributed by atoms with E-state index in [-0.39, 0.29) is 24.1 Å². The lowest BCUT2D eigenvalue weighted by molar-refractivity contribution is 0.00578. The predicted molar refractivity (Wildman–Crippen MR) is 95.5 cm³/mol. The molecule has 2 aromatic rings. The van der Waals surface area contributed by atoms with Gasteiger partial charge in [-0.25, -0.2) is 0 Å². The molecule has 1 aliphatic heterocycles. The molecule has 0 amide bonds. The van der Waals surface area contributed by atoms with Crippen LogP contribution in [0.5, 0.6) is 0 Å². The molecular weight excluding hydrogens is 283 g/mol. The second-order valence-corrected chi connectivity index (χ2v) is 7.42. The van der Waals surface area contributed by atoms with Crippen molar-refractivity contribution in [3.05, 3.63) is 71.3 Å². The molecule has 0 aromatic heterocycles. The van der Waals surface area contributed by atoms with Crippen molar-refractivity contribution in [1.82, 2.24) is 0 Å². The number of hydrogen-bond acceptors (Lipinski definition) is 2. The highest BCUT2D eigenvalue weighted by Gasteiger charge is 2.54. The molecule has 1 aliphatic rings. The molecule has 0 saturated carbocycles. The van der Waals surface area contributed by atoms with Gasteiger partial charge in [0.15, 0.2) is 0 Å². The first-order valence-electron chi connectivity index (χ1n) is 8.27. The third kappa shape index (κ3) is 3.08. The van der Waals surface area contributed by atoms with Crippen LogP contribution in [-0.4, -0.2) is 18.3 Å². The van der Waals surface area contributed by atoms with Crippen LogP contribution in [0.15, 0.2) is 54.6 Å². The lowest BCUT2D eigenvalue weighted by atomic mass is 9.64. The largest absolute Gasteiger partial charge is 0.470 e. The van der Waals surface area contributed by atoms with E-state index in [4.69, 9.17) is 9.31 Å². The van der Waals surface area contributed by atoms with E-state index < -0.39 is 0 Å². The van der Waals surface area contributed by atoms with Crippen LogP contribution in [0.4, 0.5) is 0 Å². The molecule has 23 heavy (non-hydrogen) atoms. The lowest BCUT2D eigenvalue weighted by Crippen LogP contribution is -2.41. The smallest absolute Gasteiger partial charge is 0.403 e. The molecule has 1 fully saturated rings. The van der Waals surface area contributed by atoms with E-state index in [1.54, 1.807) is 0 Å². The summed E-state index contributed by atoms with van der Waals surface area (Å²) < 4.78 is 12.7. The van der Waals surface area contributed by atoms with E-state index in [1.807, 2.05) is 6.07 Å². The van der Waals surface area contributed by atoms with Crippen molar-refractivity contribution in [3.8, 4) is 0 Å². The van der Waals surface area contributed by atoms with Gasteiger partial charge in [0, 0.05) is 5.82 Å². The van der Waals surface area contributed by atoms with Crippen molar-refractivity contribution >= 4 is 7.12 Å². The first-order chi connectivity index (χ1) is 10.8. The van der Waals surface area contributed by atoms with Gasteiger partial charge in [-0.1, -0.05) is 60.2 Å². The fourth-order valence-electron chi connectivity index (χ4n) is 2.97. The molecule has 1 unspecified atom stereocenters. The quantitative estimate of drug-likeness (QED) is 0.761. The summed E-state index contributed by atoms with van der Waals surface area (Å²) in [5, 5.41) is 0. The van der Waals surface area contributed by atoms with Gasteiger partial charge in [-0.2, -0.15) is 0 Å². The summed E-state index contributed by atoms with van der Waals surface area (Å²) in [5.41, 5.74) is 3.05. The third-order valence-corrected chi connectivity index (χ3v) is 5.14. The fraction of sp³-hybridized carbons (Fsp3) is 0.400. The Kier molecular flexibility index (Phi) is 4.11. The molecular formula is C20H25BO2. The lowest BCUT2D eigenvalue weighted by Gasteiger charge is -2.32. The zero-order valence-corrected chi connectivity index (χ0v) is 14.7. The first-order valence-corrected chi connectivity index (χ1v) is 8.27. The molecule has 2 aromatic carbocycles. The van der Waals surface area contributed by atoms with Gasteiger partial charge in [0.25, 0.3) is 0 Å². The Labute approximate surface area is 140 Å². The van der Waals surface area contributed by atoms with E-state index in [1.165, 1.54) is 16.7 Å². The minimum atomic E-state index is -0.324. The zero-order chi connectivity index (χ0) is 16.7. The molecule has 0 bridgehead atoms. The van der Waals surface area contributed by atoms with E-state index >= 15 is 0 Å². The Morgan fingerprint density at radius 1 is 0.739 bits per heavy atom. The van der Waals surface area contributed by atoms with Gasteiger partial charge in [0.05, 0.1) is 11.2 Å². The van der Waals surface area contributed by atoms with E-state index in [9.17, 15) is 0 Å². The summed E-state index contributed by atoms with van der Waals surface area (Å²) in [6, 6.07) is 19.1. The van der Waals surface area contributed by atoms with E-state index in [0.29, 0.717) is 0 Å². The normalized spacial score (nSPS) is 20.5. The highest BCUT2D eigenvalue weighted by Crippen LogP contribution is 2.42. The van der Waals surface area contributed by atoms with E-state index in [0.717, 1.165) is 0 Å². The molecule has 120 valence electrons. The maximum absolute atomic E-state index is 6.34. The number of hydrogen-bond donors (Lipinski definition) is 0. The maximum atomic E-state index is 6.34. The highest BCUT2D eigenvalue weighted by atomic mass is 16.7. The zero-order valence-electron chi connectivity index (χ0n) is 14.7. The van der Waals surface area contributed by atoms with Crippen LogP contribution >= 0.6 is 0 Å². The summed E-state index contributed by atoms with van der Waals surface area (Å²) in [6.07, 6.45) is 0. The second kappa shape index (κ2) is 5.81. The van der Waals surface area contributed by atoms with Gasteiger partial charge in [-0.3, -0.25) is 0 Å². The van der Waals surface area contributed by atoms with Crippen LogP contribution < -0.4 is 0 Å². The maximum Gasteiger partial charge on any atom is 0.470 e. The van der Waals surface area contributed by atoms with Crippen molar-refractivity contribution in [1.29, 1.82) is 0 Å². The summed E-state index contributed by atoms with van der Waals surface area (Å²) in [6.45, 7) is 10.5. The SMILES string of the molecule is Cc1ccc(C(B2OC(C)(C)C(C)(C)O2)c2ccccc2)cc1. The molecule has 2 nitrogen and oxygen atoms in total. The Balaban J connectivity index is 2.02. The van der Waals surface area contributed by atoms with Gasteiger partial charge in [-0.05, 0) is 45.7 Å². The van der Waals surface area contributed by atoms with Crippen molar-refractivity contribution in [3.63, 3.8) is 0 Å². The predicted octanol–water partition coefficient (Wildman–Crippen LogP) is 4.76. The molecule has 1 heterocycles. The van der Waals surface area contributed by atoms with Crippen LogP contribution in [0.1, 0.15) is 50.2 Å². The number of rotatable bonds is 3. The molecule has 1 atom stereocenters. The summed E-state index contributed by atoms with van der Waals surface area (Å²) in [5.74, 6) is 0.0675. The Hall–Kier alpha value is -1.58. The van der Waals surface area contributed by atoms with Gasteiger partial charge in [-0.15, -0.1) is 0 Å². The Morgan fingerprint density at radius 2 is 1.22 bits per heavy atom. The van der Waals surface area contributed by atoms with Crippen molar-refractivity contribution < 1.29 is 9.31 Å². The number of benzene rings is 2. The van der Waals surface area contributed by atoms with Gasteiger partial charge in [0.1, 0.15) is 0 Å². The minimum absolute atomic E-state index is 0.0675. The molecule has 0 spiro atoms. The summed E-state index contributed by atoms with van der Waals surface area (Å²) in [4.78, 5) is 0. The highest BCUT2D eigenvalue weighted by molar-refractivity contribution is 6.48. The van der Waals surface area contributed by atoms with Crippen LogP contribution in [0.2, 0.25) is 0 Å². The van der Waals surface area contributed by atoms with Gasteiger partial charge < -0.3 is 9.31 Å². The van der Waals surface area contributed by atoms with Crippen LogP contribution in [0, 0.1) is 6.92 Å². The van der Waals surface area contributed by atoms with Crippen LogP contribution in [0.3, 0.4) is 0 Å². The third-order valence-electron chi connectivity index (χ3n) is 5.14. The number of aryl methyl sites for hydroxylation is 1. The molecule has 3 rings (SSSR count). The summed E-state index contributed by atoms with van der Waals surface area (Å²) in [7, 11) is -0.287. The van der Waals surface area contributed by atoms with Crippen molar-refractivity contribution in [2.45, 2.75) is 51.6 Å². The average molecular weight is 308 g/mol. The average Bonchev–Trinajstić information content (AvgIpc) is 2.70. The van der Waals surface area contributed by atoms with Gasteiger partial charge in [0.2, 0.25) is 0 Å². The molecule has 0 N–H and O–H groups in total. The molecule has 0 aliphatic carbocycles. The monoisotopic (exact) mass is 308 g/mol. The standard InChI is InChI=1S/C20H25BO2/c1-15-11-13-17(14-12-15)18(16-9-7-6-8-10-16)21-22-19(2,3)20(4,5)23-21/h6-14,18H,1-5H3.